The second-order valence-corrected chi connectivity index (χ2v) is 4.88. The fourth-order valence-corrected chi connectivity index (χ4v) is 2.58. The molecule has 1 unspecified atom stereocenters. The van der Waals surface area contributed by atoms with Gasteiger partial charge in [0.2, 0.25) is 0 Å². The molecule has 4 nitrogen and oxygen atoms in total. The quantitative estimate of drug-likeness (QED) is 0.835. The summed E-state index contributed by atoms with van der Waals surface area (Å²) >= 11 is 0. The third kappa shape index (κ3) is 2.45. The van der Waals surface area contributed by atoms with E-state index >= 15 is 0 Å². The summed E-state index contributed by atoms with van der Waals surface area (Å²) in [6.07, 6.45) is 1.57. The average molecular weight is 263 g/mol. The highest BCUT2D eigenvalue weighted by molar-refractivity contribution is 5.87. The van der Waals surface area contributed by atoms with E-state index in [0.29, 0.717) is 19.6 Å². The lowest BCUT2D eigenvalue weighted by atomic mass is 9.86. The van der Waals surface area contributed by atoms with E-state index in [1.165, 1.54) is 0 Å². The van der Waals surface area contributed by atoms with Gasteiger partial charge in [-0.1, -0.05) is 25.5 Å². The minimum atomic E-state index is -0.851. The molecule has 0 bridgehead atoms. The summed E-state index contributed by atoms with van der Waals surface area (Å²) in [5, 5.41) is 0. The summed E-state index contributed by atoms with van der Waals surface area (Å²) in [5.41, 5.74) is 0.0290. The molecule has 0 aliphatic carbocycles. The van der Waals surface area contributed by atoms with Crippen LogP contribution in [0.4, 0.5) is 0 Å². The van der Waals surface area contributed by atoms with E-state index < -0.39 is 5.60 Å². The van der Waals surface area contributed by atoms with E-state index in [9.17, 15) is 4.79 Å². The van der Waals surface area contributed by atoms with Crippen LogP contribution >= 0.6 is 0 Å². The zero-order valence-corrected chi connectivity index (χ0v) is 11.8. The Balaban J connectivity index is 2.45. The van der Waals surface area contributed by atoms with Gasteiger partial charge in [0.05, 0.1) is 13.7 Å². The molecule has 1 atom stereocenters. The number of carbonyl (C=O) groups excluding carboxylic acids is 1. The maximum atomic E-state index is 12.6. The molecule has 0 saturated carbocycles. The van der Waals surface area contributed by atoms with E-state index in [-0.39, 0.29) is 5.91 Å². The first-order chi connectivity index (χ1) is 9.14. The predicted octanol–water partition coefficient (Wildman–Crippen LogP) is 2.18. The second kappa shape index (κ2) is 5.61. The topological polar surface area (TPSA) is 38.8 Å². The number of hydrogen-bond donors (Lipinski definition) is 0. The van der Waals surface area contributed by atoms with Crippen LogP contribution in [0, 0.1) is 0 Å². The highest BCUT2D eigenvalue weighted by atomic mass is 16.5. The molecule has 1 aromatic rings. The van der Waals surface area contributed by atoms with Crippen molar-refractivity contribution in [3.05, 3.63) is 29.8 Å². The summed E-state index contributed by atoms with van der Waals surface area (Å²) in [6, 6.07) is 7.61. The normalized spacial score (nSPS) is 23.5. The van der Waals surface area contributed by atoms with Crippen LogP contribution in [0.25, 0.3) is 0 Å². The Kier molecular flexibility index (Phi) is 4.10. The Bertz CT molecular complexity index is 456. The average Bonchev–Trinajstić information content (AvgIpc) is 2.44. The summed E-state index contributed by atoms with van der Waals surface area (Å²) in [4.78, 5) is 14.3. The Morgan fingerprint density at radius 1 is 1.47 bits per heavy atom. The predicted molar refractivity (Wildman–Crippen MR) is 73.2 cm³/mol. The lowest BCUT2D eigenvalue weighted by molar-refractivity contribution is -0.173. The zero-order chi connectivity index (χ0) is 13.9. The van der Waals surface area contributed by atoms with Gasteiger partial charge in [0.25, 0.3) is 5.91 Å². The van der Waals surface area contributed by atoms with Crippen molar-refractivity contribution in [2.45, 2.75) is 25.4 Å². The summed E-state index contributed by atoms with van der Waals surface area (Å²) < 4.78 is 11.2. The number of benzene rings is 1. The molecule has 2 rings (SSSR count). The molecule has 1 saturated heterocycles. The van der Waals surface area contributed by atoms with Crippen molar-refractivity contribution >= 4 is 5.91 Å². The van der Waals surface area contributed by atoms with Crippen molar-refractivity contribution in [3.8, 4) is 5.75 Å². The van der Waals surface area contributed by atoms with Gasteiger partial charge >= 0.3 is 0 Å². The first-order valence-corrected chi connectivity index (χ1v) is 6.68. The lowest BCUT2D eigenvalue weighted by Crippen LogP contribution is -2.53. The van der Waals surface area contributed by atoms with Gasteiger partial charge in [0.1, 0.15) is 5.75 Å². The number of carbonyl (C=O) groups is 1. The summed E-state index contributed by atoms with van der Waals surface area (Å²) in [6.45, 7) is 3.28. The first-order valence-electron chi connectivity index (χ1n) is 6.68. The highest BCUT2D eigenvalue weighted by Crippen LogP contribution is 2.36. The Morgan fingerprint density at radius 3 is 2.95 bits per heavy atom. The van der Waals surface area contributed by atoms with Crippen molar-refractivity contribution in [1.29, 1.82) is 0 Å². The smallest absolute Gasteiger partial charge is 0.259 e. The standard InChI is InChI=1S/C15H21NO3/c1-4-8-15(14(17)16(2)9-10-19-15)12-6-5-7-13(11-12)18-3/h5-7,11H,4,8-10H2,1-3H3. The Hall–Kier alpha value is -1.55. The highest BCUT2D eigenvalue weighted by Gasteiger charge is 2.45. The van der Waals surface area contributed by atoms with Crippen LogP contribution in [0.1, 0.15) is 25.3 Å². The maximum absolute atomic E-state index is 12.6. The molecule has 104 valence electrons. The number of hydrogen-bond acceptors (Lipinski definition) is 3. The molecule has 1 aromatic carbocycles. The SMILES string of the molecule is CCCC1(c2cccc(OC)c2)OCCN(C)C1=O. The van der Waals surface area contributed by atoms with Gasteiger partial charge in [-0.3, -0.25) is 4.79 Å². The zero-order valence-electron chi connectivity index (χ0n) is 11.8. The van der Waals surface area contributed by atoms with Crippen LogP contribution in [0.3, 0.4) is 0 Å². The van der Waals surface area contributed by atoms with Crippen molar-refractivity contribution in [1.82, 2.24) is 4.90 Å². The molecule has 19 heavy (non-hydrogen) atoms. The van der Waals surface area contributed by atoms with Crippen LogP contribution in [-0.2, 0) is 15.1 Å². The molecular weight excluding hydrogens is 242 g/mol. The minimum absolute atomic E-state index is 0.0360. The van der Waals surface area contributed by atoms with Gasteiger partial charge in [-0.25, -0.2) is 0 Å². The number of ether oxygens (including phenoxy) is 2. The number of nitrogens with zero attached hydrogens (tertiary/aromatic N) is 1. The Labute approximate surface area is 114 Å². The molecule has 4 heteroatoms. The third-order valence-corrected chi connectivity index (χ3v) is 3.61. The van der Waals surface area contributed by atoms with Gasteiger partial charge in [-0.2, -0.15) is 0 Å². The minimum Gasteiger partial charge on any atom is -0.497 e. The van der Waals surface area contributed by atoms with E-state index in [2.05, 4.69) is 6.92 Å². The molecule has 1 heterocycles. The van der Waals surface area contributed by atoms with Gasteiger partial charge in [-0.05, 0) is 24.1 Å². The summed E-state index contributed by atoms with van der Waals surface area (Å²) in [5.74, 6) is 0.784. The number of methoxy groups -OCH3 is 1. The van der Waals surface area contributed by atoms with Crippen LogP contribution < -0.4 is 4.74 Å². The van der Waals surface area contributed by atoms with Crippen LogP contribution in [0.15, 0.2) is 24.3 Å². The monoisotopic (exact) mass is 263 g/mol. The number of rotatable bonds is 4. The van der Waals surface area contributed by atoms with E-state index in [1.807, 2.05) is 31.3 Å². The second-order valence-electron chi connectivity index (χ2n) is 4.88. The number of amides is 1. The molecular formula is C15H21NO3. The maximum Gasteiger partial charge on any atom is 0.259 e. The molecule has 0 radical (unpaired) electrons. The van der Waals surface area contributed by atoms with Gasteiger partial charge < -0.3 is 14.4 Å². The lowest BCUT2D eigenvalue weighted by Gasteiger charge is -2.40. The van der Waals surface area contributed by atoms with Crippen molar-refractivity contribution in [3.63, 3.8) is 0 Å². The van der Waals surface area contributed by atoms with Crippen molar-refractivity contribution < 1.29 is 14.3 Å². The molecule has 1 aliphatic heterocycles. The summed E-state index contributed by atoms with van der Waals surface area (Å²) in [7, 11) is 3.46. The molecule has 0 aromatic heterocycles. The van der Waals surface area contributed by atoms with Gasteiger partial charge in [0.15, 0.2) is 5.60 Å². The van der Waals surface area contributed by atoms with Crippen molar-refractivity contribution in [2.75, 3.05) is 27.3 Å². The molecule has 0 spiro atoms. The molecule has 0 N–H and O–H groups in total. The van der Waals surface area contributed by atoms with E-state index in [4.69, 9.17) is 9.47 Å². The first kappa shape index (κ1) is 13.9. The Morgan fingerprint density at radius 2 is 2.26 bits per heavy atom. The molecule has 1 fully saturated rings. The van der Waals surface area contributed by atoms with Gasteiger partial charge in [-0.15, -0.1) is 0 Å². The molecule has 1 amide bonds. The van der Waals surface area contributed by atoms with Crippen LogP contribution in [-0.4, -0.2) is 38.1 Å². The van der Waals surface area contributed by atoms with Crippen molar-refractivity contribution in [2.24, 2.45) is 0 Å². The third-order valence-electron chi connectivity index (χ3n) is 3.61. The van der Waals surface area contributed by atoms with E-state index in [0.717, 1.165) is 17.7 Å². The van der Waals surface area contributed by atoms with Crippen LogP contribution in [0.5, 0.6) is 5.75 Å². The van der Waals surface area contributed by atoms with Gasteiger partial charge in [0, 0.05) is 13.6 Å². The van der Waals surface area contributed by atoms with E-state index in [1.54, 1.807) is 12.0 Å². The fraction of sp³-hybridized carbons (Fsp3) is 0.533. The fourth-order valence-electron chi connectivity index (χ4n) is 2.58. The molecule has 1 aliphatic rings. The number of morpholine rings is 1. The van der Waals surface area contributed by atoms with Crippen LogP contribution in [0.2, 0.25) is 0 Å². The largest absolute Gasteiger partial charge is 0.497 e. The number of likely N-dealkylation sites (N-methyl/N-ethyl adjacent to an activating group) is 1.